The van der Waals surface area contributed by atoms with E-state index in [1.807, 2.05) is 0 Å². The number of hydrogen-bond donors (Lipinski definition) is 2. The molecule has 2 unspecified atom stereocenters. The Morgan fingerprint density at radius 2 is 1.62 bits per heavy atom. The van der Waals surface area contributed by atoms with E-state index < -0.39 is 21.8 Å². The predicted molar refractivity (Wildman–Crippen MR) is 97.2 cm³/mol. The standard InChI is InChI=1S/C18H23N3O4S/c22-17-11-18(23)20-15-10-13(7-8-14(15)19-17)26(24,25)21-9-3-5-12-4-1-2-6-16(12)21/h7-8,10,12,16H,1-6,9,11H2,(H,19,22)(H,20,23). The van der Waals surface area contributed by atoms with Crippen molar-refractivity contribution in [2.24, 2.45) is 5.92 Å². The Labute approximate surface area is 153 Å². The fraction of sp³-hybridized carbons (Fsp3) is 0.556. The zero-order valence-electron chi connectivity index (χ0n) is 14.5. The Balaban J connectivity index is 1.68. The molecule has 7 nitrogen and oxygen atoms in total. The SMILES string of the molecule is O=C1CC(=O)Nc2cc(S(=O)(=O)N3CCCC4CCCCC43)ccc2N1. The van der Waals surface area contributed by atoms with Crippen LogP contribution < -0.4 is 10.6 Å². The molecule has 0 aromatic heterocycles. The van der Waals surface area contributed by atoms with Crippen LogP contribution in [-0.2, 0) is 19.6 Å². The minimum absolute atomic E-state index is 0.0793. The highest BCUT2D eigenvalue weighted by Gasteiger charge is 2.40. The monoisotopic (exact) mass is 377 g/mol. The lowest BCUT2D eigenvalue weighted by molar-refractivity contribution is -0.123. The molecule has 8 heteroatoms. The van der Waals surface area contributed by atoms with E-state index in [2.05, 4.69) is 10.6 Å². The molecular weight excluding hydrogens is 354 g/mol. The number of nitrogens with one attached hydrogen (secondary N) is 2. The number of carbonyl (C=O) groups excluding carboxylic acids is 2. The van der Waals surface area contributed by atoms with Crippen LogP contribution in [0.1, 0.15) is 44.9 Å². The van der Waals surface area contributed by atoms with Crippen LogP contribution in [0.25, 0.3) is 0 Å². The van der Waals surface area contributed by atoms with E-state index in [0.717, 1.165) is 32.1 Å². The molecule has 3 aliphatic rings. The number of nitrogens with zero attached hydrogens (tertiary/aromatic N) is 1. The first kappa shape index (κ1) is 17.5. The molecule has 1 aromatic rings. The van der Waals surface area contributed by atoms with Crippen molar-refractivity contribution in [2.75, 3.05) is 17.2 Å². The van der Waals surface area contributed by atoms with Gasteiger partial charge in [-0.3, -0.25) is 9.59 Å². The highest BCUT2D eigenvalue weighted by Crippen LogP contribution is 2.39. The van der Waals surface area contributed by atoms with Gasteiger partial charge in [0.2, 0.25) is 21.8 Å². The highest BCUT2D eigenvalue weighted by atomic mass is 32.2. The highest BCUT2D eigenvalue weighted by molar-refractivity contribution is 7.89. The van der Waals surface area contributed by atoms with Crippen LogP contribution in [0.15, 0.2) is 23.1 Å². The second-order valence-electron chi connectivity index (χ2n) is 7.35. The summed E-state index contributed by atoms with van der Waals surface area (Å²) in [5.41, 5.74) is 0.758. The molecule has 0 bridgehead atoms. The van der Waals surface area contributed by atoms with E-state index in [1.54, 1.807) is 10.4 Å². The van der Waals surface area contributed by atoms with Gasteiger partial charge in [0.25, 0.3) is 0 Å². The van der Waals surface area contributed by atoms with Gasteiger partial charge < -0.3 is 10.6 Å². The molecule has 1 aliphatic carbocycles. The number of rotatable bonds is 2. The van der Waals surface area contributed by atoms with Gasteiger partial charge >= 0.3 is 0 Å². The predicted octanol–water partition coefficient (Wildman–Crippen LogP) is 2.31. The summed E-state index contributed by atoms with van der Waals surface area (Å²) >= 11 is 0. The van der Waals surface area contributed by atoms with Gasteiger partial charge in [-0.2, -0.15) is 4.31 Å². The van der Waals surface area contributed by atoms with Crippen molar-refractivity contribution in [2.45, 2.75) is 55.9 Å². The molecule has 2 aliphatic heterocycles. The van der Waals surface area contributed by atoms with Gasteiger partial charge in [-0.1, -0.05) is 12.8 Å². The summed E-state index contributed by atoms with van der Waals surface area (Å²) < 4.78 is 28.2. The maximum absolute atomic E-state index is 13.3. The number of benzene rings is 1. The second kappa shape index (κ2) is 6.66. The maximum Gasteiger partial charge on any atom is 0.243 e. The van der Waals surface area contributed by atoms with Crippen molar-refractivity contribution in [3.8, 4) is 0 Å². The summed E-state index contributed by atoms with van der Waals surface area (Å²) in [5.74, 6) is -0.397. The lowest BCUT2D eigenvalue weighted by Crippen LogP contribution is -2.49. The van der Waals surface area contributed by atoms with Crippen LogP contribution in [0.3, 0.4) is 0 Å². The second-order valence-corrected chi connectivity index (χ2v) is 9.24. The summed E-state index contributed by atoms with van der Waals surface area (Å²) in [5, 5.41) is 5.24. The molecule has 2 atom stereocenters. The fourth-order valence-corrected chi connectivity index (χ4v) is 6.22. The van der Waals surface area contributed by atoms with Crippen LogP contribution in [0.5, 0.6) is 0 Å². The van der Waals surface area contributed by atoms with Crippen molar-refractivity contribution in [3.63, 3.8) is 0 Å². The van der Waals surface area contributed by atoms with Crippen LogP contribution >= 0.6 is 0 Å². The van der Waals surface area contributed by atoms with Gasteiger partial charge in [0.05, 0.1) is 16.3 Å². The number of hydrogen-bond acceptors (Lipinski definition) is 4. The van der Waals surface area contributed by atoms with Crippen molar-refractivity contribution in [3.05, 3.63) is 18.2 Å². The van der Waals surface area contributed by atoms with Gasteiger partial charge in [0.1, 0.15) is 6.42 Å². The quantitative estimate of drug-likeness (QED) is 0.773. The Morgan fingerprint density at radius 3 is 2.42 bits per heavy atom. The zero-order chi connectivity index (χ0) is 18.3. The normalized spacial score (nSPS) is 26.9. The lowest BCUT2D eigenvalue weighted by atomic mass is 9.79. The van der Waals surface area contributed by atoms with E-state index in [9.17, 15) is 18.0 Å². The van der Waals surface area contributed by atoms with Crippen molar-refractivity contribution < 1.29 is 18.0 Å². The average molecular weight is 377 g/mol. The Morgan fingerprint density at radius 1 is 0.923 bits per heavy atom. The third-order valence-corrected chi connectivity index (χ3v) is 7.58. The van der Waals surface area contributed by atoms with Crippen LogP contribution in [-0.4, -0.2) is 37.1 Å². The van der Waals surface area contributed by atoms with E-state index in [4.69, 9.17) is 0 Å². The molecule has 1 aromatic carbocycles. The topological polar surface area (TPSA) is 95.6 Å². The number of fused-ring (bicyclic) bond motifs is 2. The molecule has 1 saturated heterocycles. The fourth-order valence-electron chi connectivity index (χ4n) is 4.44. The number of carbonyl (C=O) groups is 2. The van der Waals surface area contributed by atoms with Crippen molar-refractivity contribution >= 4 is 33.2 Å². The number of amides is 2. The third-order valence-electron chi connectivity index (χ3n) is 5.66. The summed E-state index contributed by atoms with van der Waals surface area (Å²) in [6.07, 6.45) is 5.98. The van der Waals surface area contributed by atoms with Gasteiger partial charge in [0, 0.05) is 12.6 Å². The van der Waals surface area contributed by atoms with Crippen molar-refractivity contribution in [1.29, 1.82) is 0 Å². The lowest BCUT2D eigenvalue weighted by Gasteiger charge is -2.43. The molecule has 1 saturated carbocycles. The molecular formula is C18H23N3O4S. The summed E-state index contributed by atoms with van der Waals surface area (Å²) in [6, 6.07) is 4.60. The third kappa shape index (κ3) is 3.12. The largest absolute Gasteiger partial charge is 0.324 e. The van der Waals surface area contributed by atoms with Gasteiger partial charge in [-0.25, -0.2) is 8.42 Å². The Kier molecular flexibility index (Phi) is 4.48. The zero-order valence-corrected chi connectivity index (χ0v) is 15.3. The van der Waals surface area contributed by atoms with Crippen LogP contribution in [0, 0.1) is 5.92 Å². The van der Waals surface area contributed by atoms with Crippen LogP contribution in [0.4, 0.5) is 11.4 Å². The Hall–Kier alpha value is -1.93. The number of anilines is 2. The summed E-state index contributed by atoms with van der Waals surface area (Å²) in [4.78, 5) is 23.6. The molecule has 2 heterocycles. The van der Waals surface area contributed by atoms with E-state index >= 15 is 0 Å². The molecule has 140 valence electrons. The molecule has 2 amide bonds. The molecule has 0 spiro atoms. The van der Waals surface area contributed by atoms with Gasteiger partial charge in [-0.05, 0) is 49.8 Å². The minimum atomic E-state index is -3.64. The first-order valence-electron chi connectivity index (χ1n) is 9.21. The van der Waals surface area contributed by atoms with E-state index in [1.165, 1.54) is 18.6 Å². The van der Waals surface area contributed by atoms with Gasteiger partial charge in [0.15, 0.2) is 0 Å². The summed E-state index contributed by atoms with van der Waals surface area (Å²) in [6.45, 7) is 0.545. The Bertz CT molecular complexity index is 850. The summed E-state index contributed by atoms with van der Waals surface area (Å²) in [7, 11) is -3.64. The van der Waals surface area contributed by atoms with E-state index in [0.29, 0.717) is 23.8 Å². The van der Waals surface area contributed by atoms with Gasteiger partial charge in [-0.15, -0.1) is 0 Å². The number of piperidine rings is 1. The van der Waals surface area contributed by atoms with Crippen molar-refractivity contribution in [1.82, 2.24) is 4.31 Å². The van der Waals surface area contributed by atoms with Crippen LogP contribution in [0.2, 0.25) is 0 Å². The molecule has 26 heavy (non-hydrogen) atoms. The smallest absolute Gasteiger partial charge is 0.243 e. The maximum atomic E-state index is 13.3. The van der Waals surface area contributed by atoms with E-state index in [-0.39, 0.29) is 17.4 Å². The first-order valence-corrected chi connectivity index (χ1v) is 10.6. The average Bonchev–Trinajstić information content (AvgIpc) is 2.76. The number of sulfonamides is 1. The molecule has 4 rings (SSSR count). The molecule has 2 fully saturated rings. The molecule has 2 N–H and O–H groups in total. The molecule has 0 radical (unpaired) electrons. The minimum Gasteiger partial charge on any atom is -0.324 e. The first-order chi connectivity index (χ1) is 12.4.